The molecule has 1 aliphatic heterocycles. The number of halogens is 3. The molecule has 1 aromatic heterocycles. The van der Waals surface area contributed by atoms with E-state index in [9.17, 15) is 22.8 Å². The normalized spacial score (nSPS) is 15.6. The Morgan fingerprint density at radius 1 is 1.09 bits per heavy atom. The number of alkyl halides is 3. The molecule has 2 aromatic rings. The number of benzene rings is 1. The van der Waals surface area contributed by atoms with Crippen molar-refractivity contribution < 1.29 is 22.8 Å². The number of nitrogens with zero attached hydrogens (tertiary/aromatic N) is 4. The van der Waals surface area contributed by atoms with Crippen LogP contribution in [0.25, 0.3) is 5.69 Å². The van der Waals surface area contributed by atoms with E-state index in [4.69, 9.17) is 0 Å². The summed E-state index contributed by atoms with van der Waals surface area (Å²) in [5, 5.41) is 6.88. The fourth-order valence-electron chi connectivity index (χ4n) is 4.06. The lowest BCUT2D eigenvalue weighted by Crippen LogP contribution is -2.46. The maximum absolute atomic E-state index is 13.1. The number of aromatic nitrogens is 2. The third kappa shape index (κ3) is 6.00. The maximum atomic E-state index is 13.1. The first-order chi connectivity index (χ1) is 15.6. The molecule has 0 bridgehead atoms. The summed E-state index contributed by atoms with van der Waals surface area (Å²) in [6.07, 6.45) is -3.76. The Morgan fingerprint density at radius 3 is 2.39 bits per heavy atom. The number of piperazine rings is 1. The zero-order chi connectivity index (χ0) is 24.2. The Balaban J connectivity index is 1.60. The molecule has 1 fully saturated rings. The van der Waals surface area contributed by atoms with Gasteiger partial charge in [-0.1, -0.05) is 13.0 Å². The van der Waals surface area contributed by atoms with Gasteiger partial charge in [0.2, 0.25) is 0 Å². The minimum Gasteiger partial charge on any atom is -0.349 e. The summed E-state index contributed by atoms with van der Waals surface area (Å²) in [7, 11) is 0. The van der Waals surface area contributed by atoms with Crippen LogP contribution in [0.4, 0.5) is 13.2 Å². The molecule has 0 atom stereocenters. The molecule has 1 amide bonds. The van der Waals surface area contributed by atoms with E-state index in [2.05, 4.69) is 27.1 Å². The van der Waals surface area contributed by atoms with E-state index < -0.39 is 23.4 Å². The molecule has 7 nitrogen and oxygen atoms in total. The smallest absolute Gasteiger partial charge is 0.349 e. The number of ketones is 1. The molecule has 0 spiro atoms. The lowest BCUT2D eigenvalue weighted by molar-refractivity contribution is -0.137. The second-order valence-electron chi connectivity index (χ2n) is 8.22. The summed E-state index contributed by atoms with van der Waals surface area (Å²) in [4.78, 5) is 29.9. The highest BCUT2D eigenvalue weighted by Crippen LogP contribution is 2.30. The van der Waals surface area contributed by atoms with E-state index in [1.54, 1.807) is 13.8 Å². The summed E-state index contributed by atoms with van der Waals surface area (Å²) in [5.41, 5.74) is 0.0857. The molecule has 2 heterocycles. The summed E-state index contributed by atoms with van der Waals surface area (Å²) in [5.74, 6) is -1.47. The van der Waals surface area contributed by atoms with Crippen LogP contribution >= 0.6 is 0 Å². The highest BCUT2D eigenvalue weighted by atomic mass is 19.4. The summed E-state index contributed by atoms with van der Waals surface area (Å²) in [6, 6.07) is 4.70. The van der Waals surface area contributed by atoms with Gasteiger partial charge in [0.25, 0.3) is 11.7 Å². The number of carbonyl (C=O) groups is 2. The zero-order valence-corrected chi connectivity index (χ0v) is 19.2. The van der Waals surface area contributed by atoms with Crippen molar-refractivity contribution in [3.05, 3.63) is 46.8 Å². The topological polar surface area (TPSA) is 70.5 Å². The van der Waals surface area contributed by atoms with E-state index in [0.29, 0.717) is 17.9 Å². The largest absolute Gasteiger partial charge is 0.416 e. The number of likely N-dealkylation sites (N-methyl/N-ethyl adjacent to an activating group) is 1. The third-order valence-corrected chi connectivity index (χ3v) is 5.99. The predicted octanol–water partition coefficient (Wildman–Crippen LogP) is 2.83. The van der Waals surface area contributed by atoms with Gasteiger partial charge in [-0.2, -0.15) is 18.3 Å². The van der Waals surface area contributed by atoms with Crippen LogP contribution in [0.1, 0.15) is 40.7 Å². The lowest BCUT2D eigenvalue weighted by atomic mass is 10.1. The van der Waals surface area contributed by atoms with Crippen molar-refractivity contribution in [3.63, 3.8) is 0 Å². The number of aryl methyl sites for hydroxylation is 1. The Hall–Kier alpha value is -2.72. The minimum absolute atomic E-state index is 0.112. The Bertz CT molecular complexity index is 994. The van der Waals surface area contributed by atoms with E-state index in [0.717, 1.165) is 57.8 Å². The standard InChI is InChI=1S/C23H30F3N5O2/c1-4-29-11-13-30(14-12-29)10-6-9-27-22(33)21(32)20-16(2)28-31(17(20)3)19-8-5-7-18(15-19)23(24,25)26/h5,7-8,15H,4,6,9-14H2,1-3H3,(H,27,33). The molecule has 1 aliphatic rings. The molecule has 1 N–H and O–H groups in total. The number of nitrogens with one attached hydrogen (secondary N) is 1. The summed E-state index contributed by atoms with van der Waals surface area (Å²) >= 11 is 0. The van der Waals surface area contributed by atoms with Gasteiger partial charge < -0.3 is 15.1 Å². The SMILES string of the molecule is CCN1CCN(CCCNC(=O)C(=O)c2c(C)nn(-c3cccc(C(F)(F)F)c3)c2C)CC1. The lowest BCUT2D eigenvalue weighted by Gasteiger charge is -2.33. The molecule has 1 saturated heterocycles. The van der Waals surface area contributed by atoms with Gasteiger partial charge in [-0.3, -0.25) is 9.59 Å². The Kier molecular flexibility index (Phi) is 7.91. The van der Waals surface area contributed by atoms with Crippen molar-refractivity contribution in [3.8, 4) is 5.69 Å². The molecule has 0 saturated carbocycles. The van der Waals surface area contributed by atoms with Crippen molar-refractivity contribution in [1.82, 2.24) is 24.9 Å². The van der Waals surface area contributed by atoms with Gasteiger partial charge in [0.1, 0.15) is 0 Å². The predicted molar refractivity (Wildman–Crippen MR) is 119 cm³/mol. The first-order valence-electron chi connectivity index (χ1n) is 11.1. The van der Waals surface area contributed by atoms with Crippen molar-refractivity contribution >= 4 is 11.7 Å². The van der Waals surface area contributed by atoms with Crippen molar-refractivity contribution in [1.29, 1.82) is 0 Å². The monoisotopic (exact) mass is 465 g/mol. The van der Waals surface area contributed by atoms with E-state index in [1.807, 2.05) is 0 Å². The molecule has 10 heteroatoms. The number of carbonyl (C=O) groups excluding carboxylic acids is 2. The van der Waals surface area contributed by atoms with Crippen LogP contribution in [0, 0.1) is 13.8 Å². The maximum Gasteiger partial charge on any atom is 0.416 e. The fraction of sp³-hybridized carbons (Fsp3) is 0.522. The number of amides is 1. The molecule has 1 aromatic carbocycles. The highest BCUT2D eigenvalue weighted by molar-refractivity contribution is 6.43. The highest BCUT2D eigenvalue weighted by Gasteiger charge is 2.31. The average molecular weight is 466 g/mol. The molecule has 0 radical (unpaired) electrons. The number of Topliss-reactive ketones (excluding diaryl/α,β-unsaturated/α-hetero) is 1. The van der Waals surface area contributed by atoms with E-state index in [-0.39, 0.29) is 11.3 Å². The zero-order valence-electron chi connectivity index (χ0n) is 19.2. The minimum atomic E-state index is -4.49. The van der Waals surface area contributed by atoms with Gasteiger partial charge in [0, 0.05) is 32.7 Å². The summed E-state index contributed by atoms with van der Waals surface area (Å²) in [6.45, 7) is 11.6. The van der Waals surface area contributed by atoms with Gasteiger partial charge in [-0.05, 0) is 51.6 Å². The van der Waals surface area contributed by atoms with Crippen LogP contribution in [0.2, 0.25) is 0 Å². The molecule has 3 rings (SSSR count). The second-order valence-corrected chi connectivity index (χ2v) is 8.22. The fourth-order valence-corrected chi connectivity index (χ4v) is 4.06. The van der Waals surface area contributed by atoms with Crippen LogP contribution in [0.5, 0.6) is 0 Å². The van der Waals surface area contributed by atoms with Gasteiger partial charge in [0.15, 0.2) is 0 Å². The van der Waals surface area contributed by atoms with Crippen LogP contribution < -0.4 is 5.32 Å². The van der Waals surface area contributed by atoms with Crippen molar-refractivity contribution in [2.24, 2.45) is 0 Å². The van der Waals surface area contributed by atoms with E-state index >= 15 is 0 Å². The first kappa shape index (κ1) is 24.9. The van der Waals surface area contributed by atoms with Crippen LogP contribution in [-0.2, 0) is 11.0 Å². The third-order valence-electron chi connectivity index (χ3n) is 5.99. The molecule has 180 valence electrons. The van der Waals surface area contributed by atoms with Gasteiger partial charge >= 0.3 is 6.18 Å². The Morgan fingerprint density at radius 2 is 1.76 bits per heavy atom. The quantitative estimate of drug-likeness (QED) is 0.369. The van der Waals surface area contributed by atoms with Crippen LogP contribution in [-0.4, -0.2) is 77.1 Å². The summed E-state index contributed by atoms with van der Waals surface area (Å²) < 4.78 is 40.4. The molecular weight excluding hydrogens is 435 g/mol. The van der Waals surface area contributed by atoms with Crippen LogP contribution in [0.3, 0.4) is 0 Å². The van der Waals surface area contributed by atoms with Crippen molar-refractivity contribution in [2.75, 3.05) is 45.8 Å². The van der Waals surface area contributed by atoms with Crippen molar-refractivity contribution in [2.45, 2.75) is 33.4 Å². The Labute approximate surface area is 191 Å². The first-order valence-corrected chi connectivity index (χ1v) is 11.1. The molecule has 0 aliphatic carbocycles. The second kappa shape index (κ2) is 10.5. The average Bonchev–Trinajstić information content (AvgIpc) is 3.09. The van der Waals surface area contributed by atoms with Gasteiger partial charge in [0.05, 0.1) is 28.2 Å². The molecular formula is C23H30F3N5O2. The molecule has 0 unspecified atom stereocenters. The van der Waals surface area contributed by atoms with Gasteiger partial charge in [-0.15, -0.1) is 0 Å². The number of rotatable bonds is 8. The van der Waals surface area contributed by atoms with Crippen LogP contribution in [0.15, 0.2) is 24.3 Å². The molecule has 33 heavy (non-hydrogen) atoms. The number of hydrogen-bond acceptors (Lipinski definition) is 5. The number of hydrogen-bond donors (Lipinski definition) is 1. The van der Waals surface area contributed by atoms with E-state index in [1.165, 1.54) is 16.8 Å². The van der Waals surface area contributed by atoms with Gasteiger partial charge in [-0.25, -0.2) is 4.68 Å².